The predicted octanol–water partition coefficient (Wildman–Crippen LogP) is 6.86. The zero-order valence-electron chi connectivity index (χ0n) is 36.9. The Morgan fingerprint density at radius 2 is 1.70 bits per heavy atom. The molecule has 2 heterocycles. The van der Waals surface area contributed by atoms with Gasteiger partial charge in [0.1, 0.15) is 22.5 Å². The number of likely N-dealkylation sites (N-methyl/N-ethyl adjacent to an activating group) is 1. The summed E-state index contributed by atoms with van der Waals surface area (Å²) < 4.78 is 5.98. The maximum Gasteiger partial charge on any atom is 0.407 e. The molecule has 1 fully saturated rings. The number of nitrogens with zero attached hydrogens (tertiary/aromatic N) is 3. The fraction of sp³-hybridized carbons (Fsp3) is 0.682. The van der Waals surface area contributed by atoms with E-state index in [1.807, 2.05) is 39.6 Å². The van der Waals surface area contributed by atoms with Crippen LogP contribution in [-0.2, 0) is 30.4 Å². The van der Waals surface area contributed by atoms with E-state index >= 15 is 0 Å². The number of alkyl carbamates (subject to hydrolysis) is 1. The normalized spacial score (nSPS) is 17.4. The van der Waals surface area contributed by atoms with Crippen molar-refractivity contribution in [2.75, 3.05) is 26.7 Å². The molecule has 16 heteroatoms. The standard InChI is InChI=1S/C44H70N6O9S/c1-9-12-13-16-23-58-50(42(54)38(29(6)10-2)48-40(53)35-17-14-15-22-49(35)8)36(28(4)5)26-37(59-44(57)45-11-3)41-47-34(27-60-41)39(52)46-32(24-30(7)43(55)56)25-31-18-20-33(51)21-19-31/h18-21,27-30,32,35-38,51H,9-17,22-26H2,1-8H3,(H,45,57)(H,46,52)(H,48,53)(H,55,56)/t29-,30-,32+,35+,36+,37+,38-/m0/s1. The Hall–Kier alpha value is -4.28. The van der Waals surface area contributed by atoms with Crippen molar-refractivity contribution >= 4 is 41.1 Å². The highest BCUT2D eigenvalue weighted by Crippen LogP contribution is 2.32. The van der Waals surface area contributed by atoms with E-state index in [0.29, 0.717) is 30.8 Å². The zero-order valence-corrected chi connectivity index (χ0v) is 37.7. The third kappa shape index (κ3) is 15.6. The number of phenolic OH excluding ortho intramolecular Hbond substituents is 1. The minimum Gasteiger partial charge on any atom is -0.508 e. The van der Waals surface area contributed by atoms with Gasteiger partial charge in [-0.25, -0.2) is 14.8 Å². The highest BCUT2D eigenvalue weighted by atomic mass is 32.1. The molecule has 1 aromatic heterocycles. The van der Waals surface area contributed by atoms with Crippen molar-refractivity contribution in [3.05, 3.63) is 45.9 Å². The molecule has 0 spiro atoms. The molecular weight excluding hydrogens is 789 g/mol. The van der Waals surface area contributed by atoms with Crippen molar-refractivity contribution in [3.8, 4) is 5.75 Å². The molecule has 4 amide bonds. The molecule has 60 heavy (non-hydrogen) atoms. The first-order chi connectivity index (χ1) is 28.6. The number of carbonyl (C=O) groups is 5. The smallest absolute Gasteiger partial charge is 0.407 e. The number of unbranched alkanes of at least 4 members (excludes halogenated alkanes) is 3. The molecule has 0 radical (unpaired) electrons. The third-order valence-corrected chi connectivity index (χ3v) is 12.2. The molecule has 1 saturated heterocycles. The number of hydrogen-bond donors (Lipinski definition) is 5. The summed E-state index contributed by atoms with van der Waals surface area (Å²) in [6.07, 6.45) is 5.83. The SMILES string of the molecule is CCCCCCON(C(=O)[C@@H](NC(=O)[C@H]1CCCCN1C)[C@@H](C)CC)[C@H](C[C@@H](OC(=O)NCC)c1nc(C(=O)N[C@@H](Cc2ccc(O)cc2)C[C@H](C)C(=O)O)cs1)C(C)C. The summed E-state index contributed by atoms with van der Waals surface area (Å²) in [7, 11) is 1.93. The van der Waals surface area contributed by atoms with Crippen LogP contribution in [0, 0.1) is 17.8 Å². The second kappa shape index (κ2) is 25.5. The quantitative estimate of drug-likeness (QED) is 0.0517. The topological polar surface area (TPSA) is 200 Å². The molecule has 3 rings (SSSR count). The van der Waals surface area contributed by atoms with E-state index in [-0.39, 0.29) is 60.6 Å². The number of thiazole rings is 1. The summed E-state index contributed by atoms with van der Waals surface area (Å²) in [4.78, 5) is 80.3. The molecular formula is C44H70N6O9S. The van der Waals surface area contributed by atoms with Gasteiger partial charge in [-0.3, -0.25) is 28.9 Å². The van der Waals surface area contributed by atoms with E-state index in [9.17, 15) is 34.2 Å². The predicted molar refractivity (Wildman–Crippen MR) is 231 cm³/mol. The fourth-order valence-corrected chi connectivity index (χ4v) is 8.14. The van der Waals surface area contributed by atoms with Gasteiger partial charge in [-0.1, -0.05) is 85.8 Å². The van der Waals surface area contributed by atoms with E-state index in [1.54, 1.807) is 31.4 Å². The van der Waals surface area contributed by atoms with Crippen LogP contribution in [0.4, 0.5) is 4.79 Å². The molecule has 0 unspecified atom stereocenters. The number of hydroxylamine groups is 2. The van der Waals surface area contributed by atoms with Gasteiger partial charge < -0.3 is 30.9 Å². The van der Waals surface area contributed by atoms with Crippen LogP contribution in [0.3, 0.4) is 0 Å². The van der Waals surface area contributed by atoms with E-state index in [4.69, 9.17) is 9.57 Å². The number of carboxylic acid groups (broad SMARTS) is 1. The average Bonchev–Trinajstić information content (AvgIpc) is 3.71. The van der Waals surface area contributed by atoms with Crippen LogP contribution in [-0.4, -0.2) is 106 Å². The van der Waals surface area contributed by atoms with E-state index < -0.39 is 48.1 Å². The molecule has 1 aliphatic rings. The molecule has 1 aromatic carbocycles. The summed E-state index contributed by atoms with van der Waals surface area (Å²) in [6, 6.07) is 4.07. The number of carbonyl (C=O) groups excluding carboxylic acids is 4. The molecule has 5 N–H and O–H groups in total. The minimum atomic E-state index is -0.998. The van der Waals surface area contributed by atoms with Crippen LogP contribution >= 0.6 is 11.3 Å². The number of aromatic hydroxyl groups is 1. The van der Waals surface area contributed by atoms with Gasteiger partial charge >= 0.3 is 12.1 Å². The van der Waals surface area contributed by atoms with Gasteiger partial charge in [-0.2, -0.15) is 0 Å². The number of rotatable bonds is 25. The monoisotopic (exact) mass is 858 g/mol. The van der Waals surface area contributed by atoms with Crippen LogP contribution in [0.15, 0.2) is 29.6 Å². The third-order valence-electron chi connectivity index (χ3n) is 11.2. The Kier molecular flexibility index (Phi) is 21.3. The van der Waals surface area contributed by atoms with Crippen LogP contribution in [0.5, 0.6) is 5.75 Å². The van der Waals surface area contributed by atoms with Crippen molar-refractivity contribution in [1.29, 1.82) is 0 Å². The molecule has 2 aromatic rings. The van der Waals surface area contributed by atoms with Gasteiger partial charge in [0.25, 0.3) is 11.8 Å². The Labute approximate surface area is 360 Å². The number of benzene rings is 1. The minimum absolute atomic E-state index is 0.0617. The lowest BCUT2D eigenvalue weighted by atomic mass is 9.93. The Morgan fingerprint density at radius 3 is 2.32 bits per heavy atom. The number of nitrogens with one attached hydrogen (secondary N) is 3. The number of ether oxygens (including phenoxy) is 1. The summed E-state index contributed by atoms with van der Waals surface area (Å²) in [6.45, 7) is 14.7. The average molecular weight is 859 g/mol. The van der Waals surface area contributed by atoms with Crippen molar-refractivity contribution < 1.29 is 43.8 Å². The van der Waals surface area contributed by atoms with Crippen molar-refractivity contribution in [2.24, 2.45) is 17.8 Å². The Bertz CT molecular complexity index is 1660. The summed E-state index contributed by atoms with van der Waals surface area (Å²) in [5.41, 5.74) is 0.861. The van der Waals surface area contributed by atoms with Gasteiger partial charge in [-0.15, -0.1) is 11.3 Å². The first kappa shape index (κ1) is 50.1. The lowest BCUT2D eigenvalue weighted by molar-refractivity contribution is -0.212. The zero-order chi connectivity index (χ0) is 44.4. The molecule has 0 bridgehead atoms. The molecule has 0 saturated carbocycles. The van der Waals surface area contributed by atoms with Crippen molar-refractivity contribution in [1.82, 2.24) is 30.9 Å². The summed E-state index contributed by atoms with van der Waals surface area (Å²) in [5, 5.41) is 31.4. The van der Waals surface area contributed by atoms with Crippen LogP contribution in [0.1, 0.15) is 140 Å². The second-order valence-electron chi connectivity index (χ2n) is 16.5. The van der Waals surface area contributed by atoms with Gasteiger partial charge in [0.2, 0.25) is 5.91 Å². The van der Waals surface area contributed by atoms with Gasteiger partial charge in [0.15, 0.2) is 6.10 Å². The number of amides is 4. The van der Waals surface area contributed by atoms with Crippen molar-refractivity contribution in [2.45, 2.75) is 149 Å². The van der Waals surface area contributed by atoms with Crippen LogP contribution in [0.2, 0.25) is 0 Å². The number of piperidine rings is 1. The van der Waals surface area contributed by atoms with Crippen LogP contribution in [0.25, 0.3) is 0 Å². The number of aliphatic carboxylic acids is 1. The maximum atomic E-state index is 14.9. The number of hydrogen-bond acceptors (Lipinski definition) is 11. The first-order valence-electron chi connectivity index (χ1n) is 21.8. The largest absolute Gasteiger partial charge is 0.508 e. The van der Waals surface area contributed by atoms with Gasteiger partial charge in [-0.05, 0) is 82.2 Å². The first-order valence-corrected chi connectivity index (χ1v) is 22.7. The fourth-order valence-electron chi connectivity index (χ4n) is 7.30. The van der Waals surface area contributed by atoms with E-state index in [2.05, 4.69) is 27.9 Å². The highest BCUT2D eigenvalue weighted by Gasteiger charge is 2.40. The molecule has 0 aliphatic carbocycles. The lowest BCUT2D eigenvalue weighted by Crippen LogP contribution is -2.58. The Morgan fingerprint density at radius 1 is 0.983 bits per heavy atom. The van der Waals surface area contributed by atoms with Crippen LogP contribution < -0.4 is 16.0 Å². The molecule has 336 valence electrons. The molecule has 7 atom stereocenters. The summed E-state index contributed by atoms with van der Waals surface area (Å²) in [5.74, 6) is -3.16. The second-order valence-corrected chi connectivity index (χ2v) is 17.4. The maximum absolute atomic E-state index is 14.9. The summed E-state index contributed by atoms with van der Waals surface area (Å²) >= 11 is 1.13. The van der Waals surface area contributed by atoms with Gasteiger partial charge in [0, 0.05) is 24.4 Å². The molecule has 1 aliphatic heterocycles. The van der Waals surface area contributed by atoms with Gasteiger partial charge in [0.05, 0.1) is 24.6 Å². The number of aromatic nitrogens is 1. The highest BCUT2D eigenvalue weighted by molar-refractivity contribution is 7.09. The van der Waals surface area contributed by atoms with E-state index in [1.165, 1.54) is 17.2 Å². The van der Waals surface area contributed by atoms with Crippen molar-refractivity contribution in [3.63, 3.8) is 0 Å². The number of likely N-dealkylation sites (tertiary alicyclic amines) is 1. The lowest BCUT2D eigenvalue weighted by Gasteiger charge is -2.39. The number of carboxylic acids is 1. The molecule has 15 nitrogen and oxygen atoms in total. The van der Waals surface area contributed by atoms with E-state index in [0.717, 1.165) is 62.0 Å². The Balaban J connectivity index is 1.97. The number of phenols is 1.